The fraction of sp³-hybridized carbons (Fsp3) is 0.222. The van der Waals surface area contributed by atoms with Crippen molar-refractivity contribution in [3.63, 3.8) is 0 Å². The molecule has 0 aliphatic carbocycles. The number of pyridine rings is 1. The molecule has 0 atom stereocenters. The molecule has 0 fully saturated rings. The standard InChI is InChI=1S/C9H8ClN3O/c1-2-13-9-6(4-11-13)3-7(5-14)8(10)12-9/h3-5H,2H2,1H3. The van der Waals surface area contributed by atoms with Crippen molar-refractivity contribution in [2.24, 2.45) is 0 Å². The van der Waals surface area contributed by atoms with Crippen LogP contribution in [0.2, 0.25) is 5.15 Å². The Kier molecular flexibility index (Phi) is 2.21. The quantitative estimate of drug-likeness (QED) is 0.561. The normalized spacial score (nSPS) is 10.7. The van der Waals surface area contributed by atoms with Crippen molar-refractivity contribution < 1.29 is 4.79 Å². The molecule has 0 saturated carbocycles. The van der Waals surface area contributed by atoms with Gasteiger partial charge in [-0.3, -0.25) is 4.79 Å². The summed E-state index contributed by atoms with van der Waals surface area (Å²) in [7, 11) is 0. The Labute approximate surface area is 85.5 Å². The lowest BCUT2D eigenvalue weighted by atomic mass is 10.2. The van der Waals surface area contributed by atoms with Crippen LogP contribution in [0.15, 0.2) is 12.3 Å². The number of fused-ring (bicyclic) bond motifs is 1. The van der Waals surface area contributed by atoms with Crippen molar-refractivity contribution in [3.05, 3.63) is 23.0 Å². The molecule has 0 aliphatic rings. The molecule has 0 aliphatic heterocycles. The fourth-order valence-corrected chi connectivity index (χ4v) is 1.50. The lowest BCUT2D eigenvalue weighted by Crippen LogP contribution is -1.98. The van der Waals surface area contributed by atoms with Crippen LogP contribution in [0.5, 0.6) is 0 Å². The molecule has 2 rings (SSSR count). The van der Waals surface area contributed by atoms with Gasteiger partial charge in [0.15, 0.2) is 11.9 Å². The van der Waals surface area contributed by atoms with Crippen molar-refractivity contribution >= 4 is 28.9 Å². The summed E-state index contributed by atoms with van der Waals surface area (Å²) < 4.78 is 1.73. The van der Waals surface area contributed by atoms with Gasteiger partial charge in [-0.05, 0) is 13.0 Å². The second kappa shape index (κ2) is 3.38. The Balaban J connectivity index is 2.75. The Morgan fingerprint density at radius 3 is 3.07 bits per heavy atom. The average molecular weight is 210 g/mol. The topological polar surface area (TPSA) is 47.8 Å². The van der Waals surface area contributed by atoms with Gasteiger partial charge in [-0.2, -0.15) is 5.10 Å². The summed E-state index contributed by atoms with van der Waals surface area (Å²) in [6.45, 7) is 2.70. The maximum Gasteiger partial charge on any atom is 0.159 e. The van der Waals surface area contributed by atoms with Crippen molar-refractivity contribution in [1.82, 2.24) is 14.8 Å². The monoisotopic (exact) mass is 209 g/mol. The first kappa shape index (κ1) is 9.15. The molecule has 0 radical (unpaired) electrons. The van der Waals surface area contributed by atoms with E-state index in [1.165, 1.54) is 0 Å². The zero-order valence-corrected chi connectivity index (χ0v) is 8.32. The first-order valence-electron chi connectivity index (χ1n) is 4.23. The van der Waals surface area contributed by atoms with Gasteiger partial charge < -0.3 is 0 Å². The highest BCUT2D eigenvalue weighted by atomic mass is 35.5. The molecule has 14 heavy (non-hydrogen) atoms. The Morgan fingerprint density at radius 1 is 1.64 bits per heavy atom. The van der Waals surface area contributed by atoms with E-state index in [1.54, 1.807) is 16.9 Å². The number of aromatic nitrogens is 3. The molecule has 0 bridgehead atoms. The SMILES string of the molecule is CCn1ncc2cc(C=O)c(Cl)nc21. The molecule has 0 aromatic carbocycles. The van der Waals surface area contributed by atoms with Gasteiger partial charge in [0.05, 0.1) is 11.8 Å². The Bertz CT molecular complexity index is 492. The van der Waals surface area contributed by atoms with E-state index in [2.05, 4.69) is 10.1 Å². The molecule has 72 valence electrons. The molecule has 0 saturated heterocycles. The molecule has 4 nitrogen and oxygen atoms in total. The zero-order valence-electron chi connectivity index (χ0n) is 7.57. The number of hydrogen-bond acceptors (Lipinski definition) is 3. The third kappa shape index (κ3) is 1.28. The molecule has 2 aromatic rings. The number of aryl methyl sites for hydroxylation is 1. The van der Waals surface area contributed by atoms with Crippen LogP contribution in [-0.4, -0.2) is 21.1 Å². The summed E-state index contributed by atoms with van der Waals surface area (Å²) in [6.07, 6.45) is 2.37. The van der Waals surface area contributed by atoms with E-state index in [0.717, 1.165) is 11.9 Å². The van der Waals surface area contributed by atoms with Crippen LogP contribution in [0.1, 0.15) is 17.3 Å². The minimum Gasteiger partial charge on any atom is -0.298 e. The van der Waals surface area contributed by atoms with Gasteiger partial charge in [-0.25, -0.2) is 9.67 Å². The van der Waals surface area contributed by atoms with Gasteiger partial charge in [0.25, 0.3) is 0 Å². The highest BCUT2D eigenvalue weighted by molar-refractivity contribution is 6.32. The van der Waals surface area contributed by atoms with E-state index in [1.807, 2.05) is 6.92 Å². The van der Waals surface area contributed by atoms with Crippen molar-refractivity contribution in [1.29, 1.82) is 0 Å². The average Bonchev–Trinajstić information content (AvgIpc) is 2.58. The maximum atomic E-state index is 10.6. The lowest BCUT2D eigenvalue weighted by Gasteiger charge is -1.99. The Morgan fingerprint density at radius 2 is 2.43 bits per heavy atom. The highest BCUT2D eigenvalue weighted by Gasteiger charge is 2.07. The summed E-state index contributed by atoms with van der Waals surface area (Å²) in [5.41, 5.74) is 1.11. The van der Waals surface area contributed by atoms with Crippen LogP contribution >= 0.6 is 11.6 Å². The van der Waals surface area contributed by atoms with E-state index in [9.17, 15) is 4.79 Å². The maximum absolute atomic E-state index is 10.6. The predicted molar refractivity (Wildman–Crippen MR) is 53.6 cm³/mol. The zero-order chi connectivity index (χ0) is 10.1. The van der Waals surface area contributed by atoms with Crippen LogP contribution in [0.4, 0.5) is 0 Å². The summed E-state index contributed by atoms with van der Waals surface area (Å²) >= 11 is 5.81. The number of carbonyl (C=O) groups is 1. The van der Waals surface area contributed by atoms with Gasteiger partial charge in [0.2, 0.25) is 0 Å². The second-order valence-electron chi connectivity index (χ2n) is 2.86. The molecule has 0 N–H and O–H groups in total. The largest absolute Gasteiger partial charge is 0.298 e. The second-order valence-corrected chi connectivity index (χ2v) is 3.22. The molecule has 0 spiro atoms. The van der Waals surface area contributed by atoms with Crippen LogP contribution in [0, 0.1) is 0 Å². The Hall–Kier alpha value is -1.42. The van der Waals surface area contributed by atoms with E-state index >= 15 is 0 Å². The minimum atomic E-state index is 0.225. The molecule has 0 unspecified atom stereocenters. The van der Waals surface area contributed by atoms with Crippen molar-refractivity contribution in [3.8, 4) is 0 Å². The van der Waals surface area contributed by atoms with E-state index < -0.39 is 0 Å². The number of aldehydes is 1. The van der Waals surface area contributed by atoms with Crippen LogP contribution in [0.3, 0.4) is 0 Å². The smallest absolute Gasteiger partial charge is 0.159 e. The van der Waals surface area contributed by atoms with Gasteiger partial charge in [-0.1, -0.05) is 11.6 Å². The summed E-state index contributed by atoms with van der Waals surface area (Å²) in [6, 6.07) is 1.69. The molecule has 0 amide bonds. The first-order chi connectivity index (χ1) is 6.76. The third-order valence-corrected chi connectivity index (χ3v) is 2.32. The summed E-state index contributed by atoms with van der Waals surface area (Å²) in [5, 5.41) is 5.17. The number of nitrogens with zero attached hydrogens (tertiary/aromatic N) is 3. The highest BCUT2D eigenvalue weighted by Crippen LogP contribution is 2.18. The summed E-state index contributed by atoms with van der Waals surface area (Å²) in [5.74, 6) is 0. The number of hydrogen-bond donors (Lipinski definition) is 0. The van der Waals surface area contributed by atoms with E-state index in [-0.39, 0.29) is 5.15 Å². The number of halogens is 1. The van der Waals surface area contributed by atoms with Gasteiger partial charge >= 0.3 is 0 Å². The van der Waals surface area contributed by atoms with Crippen LogP contribution < -0.4 is 0 Å². The third-order valence-electron chi connectivity index (χ3n) is 2.02. The van der Waals surface area contributed by atoms with Crippen LogP contribution in [-0.2, 0) is 6.54 Å². The molecule has 2 aromatic heterocycles. The van der Waals surface area contributed by atoms with Crippen LogP contribution in [0.25, 0.3) is 11.0 Å². The molecule has 2 heterocycles. The number of rotatable bonds is 2. The molecular formula is C9H8ClN3O. The van der Waals surface area contributed by atoms with E-state index in [0.29, 0.717) is 17.5 Å². The number of carbonyl (C=O) groups excluding carboxylic acids is 1. The van der Waals surface area contributed by atoms with Crippen molar-refractivity contribution in [2.75, 3.05) is 0 Å². The van der Waals surface area contributed by atoms with Gasteiger partial charge in [0.1, 0.15) is 5.15 Å². The first-order valence-corrected chi connectivity index (χ1v) is 4.61. The van der Waals surface area contributed by atoms with Crippen molar-refractivity contribution in [2.45, 2.75) is 13.5 Å². The molecular weight excluding hydrogens is 202 g/mol. The minimum absolute atomic E-state index is 0.225. The van der Waals surface area contributed by atoms with Gasteiger partial charge in [-0.15, -0.1) is 0 Å². The lowest BCUT2D eigenvalue weighted by molar-refractivity contribution is 0.112. The summed E-state index contributed by atoms with van der Waals surface area (Å²) in [4.78, 5) is 14.7. The molecule has 5 heteroatoms. The van der Waals surface area contributed by atoms with Gasteiger partial charge in [0, 0.05) is 11.9 Å². The van der Waals surface area contributed by atoms with E-state index in [4.69, 9.17) is 11.6 Å². The predicted octanol–water partition coefficient (Wildman–Crippen LogP) is 1.92. The fourth-order valence-electron chi connectivity index (χ4n) is 1.32.